The molecule has 2 aromatic heterocycles. The number of nitrogens with one attached hydrogen (secondary N) is 1. The molecule has 0 aliphatic heterocycles. The van der Waals surface area contributed by atoms with Crippen LogP contribution >= 0.6 is 22.9 Å². The molecule has 4 aromatic rings. The van der Waals surface area contributed by atoms with Crippen molar-refractivity contribution in [1.29, 1.82) is 0 Å². The molecule has 0 saturated heterocycles. The van der Waals surface area contributed by atoms with Crippen LogP contribution in [0.3, 0.4) is 0 Å². The van der Waals surface area contributed by atoms with Gasteiger partial charge in [-0.15, -0.1) is 11.3 Å². The number of thiophene rings is 1. The summed E-state index contributed by atoms with van der Waals surface area (Å²) in [6, 6.07) is 11.3. The number of benzene rings is 2. The molecule has 0 radical (unpaired) electrons. The Morgan fingerprint density at radius 1 is 1.23 bits per heavy atom. The van der Waals surface area contributed by atoms with E-state index in [1.54, 1.807) is 12.1 Å². The maximum Gasteiger partial charge on any atom is 0.263 e. The van der Waals surface area contributed by atoms with E-state index in [4.69, 9.17) is 16.3 Å². The number of amides is 1. The molecule has 0 atom stereocenters. The first-order valence-electron chi connectivity index (χ1n) is 9.55. The lowest BCUT2D eigenvalue weighted by molar-refractivity contribution is -0.116. The number of nitrogens with zero attached hydrogens (tertiary/aromatic N) is 2. The third-order valence-electron chi connectivity index (χ3n) is 4.99. The van der Waals surface area contributed by atoms with Gasteiger partial charge in [0, 0.05) is 22.0 Å². The standard InChI is InChI=1S/C23H20ClN3O3S/c1-13-4-6-15(7-5-13)16-11-31-22-21(16)23(29)27(12-25-22)10-20(28)26-18-8-14(2)17(24)9-19(18)30-3/h4-9,11-12H,10H2,1-3H3,(H,26,28). The summed E-state index contributed by atoms with van der Waals surface area (Å²) in [5.41, 5.74) is 3.95. The molecule has 0 saturated carbocycles. The van der Waals surface area contributed by atoms with Crippen molar-refractivity contribution in [3.8, 4) is 16.9 Å². The molecule has 0 bridgehead atoms. The summed E-state index contributed by atoms with van der Waals surface area (Å²) in [5, 5.41) is 5.78. The Kier molecular flexibility index (Phi) is 5.80. The Labute approximate surface area is 188 Å². The summed E-state index contributed by atoms with van der Waals surface area (Å²) in [6.07, 6.45) is 1.41. The molecule has 1 amide bonds. The smallest absolute Gasteiger partial charge is 0.263 e. The van der Waals surface area contributed by atoms with Gasteiger partial charge in [-0.25, -0.2) is 4.98 Å². The van der Waals surface area contributed by atoms with Crippen molar-refractivity contribution >= 4 is 44.7 Å². The number of aromatic nitrogens is 2. The van der Waals surface area contributed by atoms with Crippen LogP contribution < -0.4 is 15.6 Å². The van der Waals surface area contributed by atoms with Gasteiger partial charge in [0.05, 0.1) is 24.5 Å². The number of ether oxygens (including phenoxy) is 1. The van der Waals surface area contributed by atoms with Gasteiger partial charge in [-0.3, -0.25) is 14.2 Å². The number of hydrogen-bond donors (Lipinski definition) is 1. The third-order valence-corrected chi connectivity index (χ3v) is 6.29. The number of carbonyl (C=O) groups excluding carboxylic acids is 1. The number of halogens is 1. The summed E-state index contributed by atoms with van der Waals surface area (Å²) in [4.78, 5) is 30.9. The minimum atomic E-state index is -0.365. The van der Waals surface area contributed by atoms with E-state index in [1.165, 1.54) is 29.3 Å². The maximum absolute atomic E-state index is 13.2. The normalized spacial score (nSPS) is 11.0. The molecule has 0 aliphatic carbocycles. The lowest BCUT2D eigenvalue weighted by Crippen LogP contribution is -2.28. The van der Waals surface area contributed by atoms with E-state index < -0.39 is 0 Å². The van der Waals surface area contributed by atoms with E-state index in [-0.39, 0.29) is 18.0 Å². The molecule has 4 rings (SSSR count). The Bertz CT molecular complexity index is 1340. The zero-order valence-corrected chi connectivity index (χ0v) is 18.8. The molecular weight excluding hydrogens is 434 g/mol. The molecule has 2 heterocycles. The van der Waals surface area contributed by atoms with Crippen LogP contribution in [0.4, 0.5) is 5.69 Å². The summed E-state index contributed by atoms with van der Waals surface area (Å²) in [6.45, 7) is 3.68. The molecule has 158 valence electrons. The summed E-state index contributed by atoms with van der Waals surface area (Å²) >= 11 is 7.54. The predicted molar refractivity (Wildman–Crippen MR) is 125 cm³/mol. The molecule has 0 unspecified atom stereocenters. The van der Waals surface area contributed by atoms with E-state index in [0.29, 0.717) is 26.7 Å². The average Bonchev–Trinajstić information content (AvgIpc) is 3.18. The van der Waals surface area contributed by atoms with Crippen LogP contribution in [0.2, 0.25) is 5.02 Å². The van der Waals surface area contributed by atoms with Crippen molar-refractivity contribution in [3.63, 3.8) is 0 Å². The Morgan fingerprint density at radius 3 is 2.68 bits per heavy atom. The lowest BCUT2D eigenvalue weighted by atomic mass is 10.1. The number of fused-ring (bicyclic) bond motifs is 1. The number of anilines is 1. The van der Waals surface area contributed by atoms with Crippen molar-refractivity contribution in [3.05, 3.63) is 74.6 Å². The highest BCUT2D eigenvalue weighted by molar-refractivity contribution is 7.17. The molecule has 0 fully saturated rings. The van der Waals surface area contributed by atoms with Crippen molar-refractivity contribution in [2.24, 2.45) is 0 Å². The zero-order chi connectivity index (χ0) is 22.1. The van der Waals surface area contributed by atoms with Crippen LogP contribution in [0.25, 0.3) is 21.3 Å². The fraction of sp³-hybridized carbons (Fsp3) is 0.174. The summed E-state index contributed by atoms with van der Waals surface area (Å²) < 4.78 is 6.61. The van der Waals surface area contributed by atoms with Crippen LogP contribution in [0.5, 0.6) is 5.75 Å². The molecule has 6 nitrogen and oxygen atoms in total. The number of carbonyl (C=O) groups is 1. The molecular formula is C23H20ClN3O3S. The van der Waals surface area contributed by atoms with E-state index in [2.05, 4.69) is 10.3 Å². The van der Waals surface area contributed by atoms with Crippen molar-refractivity contribution in [2.75, 3.05) is 12.4 Å². The van der Waals surface area contributed by atoms with Gasteiger partial charge in [0.25, 0.3) is 5.56 Å². The van der Waals surface area contributed by atoms with Crippen LogP contribution in [0.15, 0.2) is 52.9 Å². The Hall–Kier alpha value is -3.16. The second-order valence-corrected chi connectivity index (χ2v) is 8.49. The molecule has 0 aliphatic rings. The number of aryl methyl sites for hydroxylation is 2. The SMILES string of the molecule is COc1cc(Cl)c(C)cc1NC(=O)Cn1cnc2scc(-c3ccc(C)cc3)c2c1=O. The highest BCUT2D eigenvalue weighted by atomic mass is 35.5. The third kappa shape index (κ3) is 4.19. The maximum atomic E-state index is 13.2. The van der Waals surface area contributed by atoms with Gasteiger partial charge >= 0.3 is 0 Å². The van der Waals surface area contributed by atoms with Crippen LogP contribution in [0.1, 0.15) is 11.1 Å². The van der Waals surface area contributed by atoms with Gasteiger partial charge in [0.2, 0.25) is 5.91 Å². The average molecular weight is 454 g/mol. The fourth-order valence-corrected chi connectivity index (χ4v) is 4.36. The van der Waals surface area contributed by atoms with E-state index in [1.807, 2.05) is 43.5 Å². The lowest BCUT2D eigenvalue weighted by Gasteiger charge is -2.13. The Morgan fingerprint density at radius 2 is 1.97 bits per heavy atom. The first kappa shape index (κ1) is 21.1. The topological polar surface area (TPSA) is 73.2 Å². The van der Waals surface area contributed by atoms with Crippen molar-refractivity contribution in [2.45, 2.75) is 20.4 Å². The zero-order valence-electron chi connectivity index (χ0n) is 17.2. The van der Waals surface area contributed by atoms with Gasteiger partial charge in [-0.2, -0.15) is 0 Å². The first-order valence-corrected chi connectivity index (χ1v) is 10.8. The summed E-state index contributed by atoms with van der Waals surface area (Å²) in [7, 11) is 1.50. The molecule has 2 aromatic carbocycles. The second kappa shape index (κ2) is 8.53. The van der Waals surface area contributed by atoms with Gasteiger partial charge < -0.3 is 10.1 Å². The predicted octanol–water partition coefficient (Wildman–Crippen LogP) is 5.04. The first-order chi connectivity index (χ1) is 14.9. The second-order valence-electron chi connectivity index (χ2n) is 7.22. The quantitative estimate of drug-likeness (QED) is 0.459. The van der Waals surface area contributed by atoms with Crippen LogP contribution in [0, 0.1) is 13.8 Å². The minimum absolute atomic E-state index is 0.171. The largest absolute Gasteiger partial charge is 0.495 e. The molecule has 8 heteroatoms. The number of rotatable bonds is 5. The van der Waals surface area contributed by atoms with Gasteiger partial charge in [-0.05, 0) is 31.0 Å². The van der Waals surface area contributed by atoms with E-state index >= 15 is 0 Å². The van der Waals surface area contributed by atoms with Crippen molar-refractivity contribution < 1.29 is 9.53 Å². The van der Waals surface area contributed by atoms with Crippen LogP contribution in [-0.2, 0) is 11.3 Å². The highest BCUT2D eigenvalue weighted by Gasteiger charge is 2.16. The Balaban J connectivity index is 1.65. The molecule has 0 spiro atoms. The van der Waals surface area contributed by atoms with Crippen molar-refractivity contribution in [1.82, 2.24) is 9.55 Å². The number of hydrogen-bond acceptors (Lipinski definition) is 5. The van der Waals surface area contributed by atoms with E-state index in [0.717, 1.165) is 22.3 Å². The minimum Gasteiger partial charge on any atom is -0.495 e. The van der Waals surface area contributed by atoms with Crippen LogP contribution in [-0.4, -0.2) is 22.6 Å². The monoisotopic (exact) mass is 453 g/mol. The van der Waals surface area contributed by atoms with E-state index in [9.17, 15) is 9.59 Å². The fourth-order valence-electron chi connectivity index (χ4n) is 3.30. The molecule has 1 N–H and O–H groups in total. The van der Waals surface area contributed by atoms with Gasteiger partial charge in [0.1, 0.15) is 17.1 Å². The summed E-state index contributed by atoms with van der Waals surface area (Å²) in [5.74, 6) is 0.0831. The number of methoxy groups -OCH3 is 1. The highest BCUT2D eigenvalue weighted by Crippen LogP contribution is 2.32. The van der Waals surface area contributed by atoms with Gasteiger partial charge in [-0.1, -0.05) is 41.4 Å². The van der Waals surface area contributed by atoms with Gasteiger partial charge in [0.15, 0.2) is 0 Å². The molecule has 31 heavy (non-hydrogen) atoms.